The minimum absolute atomic E-state index is 0.237. The highest BCUT2D eigenvalue weighted by Gasteiger charge is 2.28. The average molecular weight is 248 g/mol. The molecule has 5 heteroatoms. The third-order valence-corrected chi connectivity index (χ3v) is 2.45. The predicted molar refractivity (Wildman–Crippen MR) is 67.4 cm³/mol. The van der Waals surface area contributed by atoms with Crippen LogP contribution in [0.25, 0.3) is 0 Å². The molecule has 1 atom stereocenters. The number of allylic oxidation sites excluding steroid dienone is 3. The van der Waals surface area contributed by atoms with E-state index in [0.29, 0.717) is 12.0 Å². The number of hydrogen-bond donors (Lipinski definition) is 2. The predicted octanol–water partition coefficient (Wildman–Crippen LogP) is 0.596. The number of rotatable bonds is 4. The summed E-state index contributed by atoms with van der Waals surface area (Å²) >= 11 is 0. The van der Waals surface area contributed by atoms with Crippen LogP contribution in [0.3, 0.4) is 0 Å². The van der Waals surface area contributed by atoms with Gasteiger partial charge in [-0.2, -0.15) is 0 Å². The molecule has 0 aromatic carbocycles. The first-order chi connectivity index (χ1) is 8.58. The molecule has 1 heterocycles. The molecule has 0 aromatic rings. The molecule has 1 fully saturated rings. The van der Waals surface area contributed by atoms with E-state index in [1.54, 1.807) is 25.2 Å². The quantitative estimate of drug-likeness (QED) is 0.434. The lowest BCUT2D eigenvalue weighted by Gasteiger charge is -2.21. The second-order valence-corrected chi connectivity index (χ2v) is 3.83. The molecule has 1 unspecified atom stereocenters. The number of amides is 3. The van der Waals surface area contributed by atoms with E-state index in [0.717, 1.165) is 0 Å². The van der Waals surface area contributed by atoms with Crippen LogP contribution in [0.5, 0.6) is 0 Å². The monoisotopic (exact) mass is 248 g/mol. The lowest BCUT2D eigenvalue weighted by atomic mass is 10.1. The summed E-state index contributed by atoms with van der Waals surface area (Å²) in [5, 5.41) is 4.78. The molecule has 1 aliphatic heterocycles. The van der Waals surface area contributed by atoms with Gasteiger partial charge in [-0.1, -0.05) is 30.9 Å². The fourth-order valence-corrected chi connectivity index (χ4v) is 1.59. The highest BCUT2D eigenvalue weighted by Crippen LogP contribution is 2.06. The molecule has 1 rings (SSSR count). The number of nitrogens with one attached hydrogen (secondary N) is 2. The fraction of sp³-hybridized carbons (Fsp3) is 0.308. The van der Waals surface area contributed by atoms with Crippen molar-refractivity contribution in [2.45, 2.75) is 25.8 Å². The standard InChI is InChI=1S/C13H16N2O3/c1-3-5-9(6-4-2)12(17)14-10-7-8-11(16)15-13(10)18/h3-6,10H,1,7-8H2,2H3,(H,14,17)(H,15,16,18)/b6-4?,9-5+. The number of hydrogen-bond acceptors (Lipinski definition) is 3. The Morgan fingerprint density at radius 3 is 2.78 bits per heavy atom. The van der Waals surface area contributed by atoms with Crippen LogP contribution in [0.2, 0.25) is 0 Å². The minimum atomic E-state index is -0.659. The van der Waals surface area contributed by atoms with Crippen molar-refractivity contribution in [3.05, 3.63) is 36.5 Å². The molecule has 0 radical (unpaired) electrons. The van der Waals surface area contributed by atoms with E-state index in [4.69, 9.17) is 0 Å². The maximum atomic E-state index is 11.9. The SMILES string of the molecule is C=C/C=C(\C=CC)C(=O)NC1CCC(=O)NC1=O. The summed E-state index contributed by atoms with van der Waals surface area (Å²) in [5.74, 6) is -1.12. The van der Waals surface area contributed by atoms with Gasteiger partial charge in [0.1, 0.15) is 6.04 Å². The van der Waals surface area contributed by atoms with Gasteiger partial charge in [0.15, 0.2) is 0 Å². The molecule has 0 saturated carbocycles. The number of carbonyl (C=O) groups excluding carboxylic acids is 3. The van der Waals surface area contributed by atoms with Crippen molar-refractivity contribution in [2.24, 2.45) is 0 Å². The van der Waals surface area contributed by atoms with Crippen LogP contribution in [0, 0.1) is 0 Å². The topological polar surface area (TPSA) is 75.3 Å². The van der Waals surface area contributed by atoms with Crippen LogP contribution in [0.1, 0.15) is 19.8 Å². The van der Waals surface area contributed by atoms with E-state index in [1.807, 2.05) is 0 Å². The molecule has 1 saturated heterocycles. The van der Waals surface area contributed by atoms with Crippen LogP contribution in [0.4, 0.5) is 0 Å². The van der Waals surface area contributed by atoms with E-state index in [1.165, 1.54) is 6.08 Å². The Kier molecular flexibility index (Phi) is 5.05. The van der Waals surface area contributed by atoms with Crippen molar-refractivity contribution in [1.29, 1.82) is 0 Å². The smallest absolute Gasteiger partial charge is 0.251 e. The van der Waals surface area contributed by atoms with Crippen molar-refractivity contribution in [3.8, 4) is 0 Å². The third kappa shape index (κ3) is 3.69. The number of carbonyl (C=O) groups is 3. The lowest BCUT2D eigenvalue weighted by Crippen LogP contribution is -2.52. The summed E-state index contributed by atoms with van der Waals surface area (Å²) in [4.78, 5) is 34.3. The first-order valence-corrected chi connectivity index (χ1v) is 5.68. The third-order valence-electron chi connectivity index (χ3n) is 2.45. The Labute approximate surface area is 106 Å². The number of piperidine rings is 1. The molecule has 2 N–H and O–H groups in total. The van der Waals surface area contributed by atoms with Gasteiger partial charge in [-0.3, -0.25) is 19.7 Å². The van der Waals surface area contributed by atoms with E-state index in [9.17, 15) is 14.4 Å². The second-order valence-electron chi connectivity index (χ2n) is 3.83. The van der Waals surface area contributed by atoms with Gasteiger partial charge < -0.3 is 5.32 Å². The van der Waals surface area contributed by atoms with Crippen molar-refractivity contribution in [1.82, 2.24) is 10.6 Å². The van der Waals surface area contributed by atoms with Crippen LogP contribution < -0.4 is 10.6 Å². The van der Waals surface area contributed by atoms with E-state index in [2.05, 4.69) is 17.2 Å². The van der Waals surface area contributed by atoms with Gasteiger partial charge in [0.05, 0.1) is 0 Å². The molecule has 18 heavy (non-hydrogen) atoms. The normalized spacial score (nSPS) is 20.7. The van der Waals surface area contributed by atoms with Crippen molar-refractivity contribution in [2.75, 3.05) is 0 Å². The van der Waals surface area contributed by atoms with Crippen LogP contribution in [-0.4, -0.2) is 23.8 Å². The van der Waals surface area contributed by atoms with Gasteiger partial charge in [0.25, 0.3) is 5.91 Å². The summed E-state index contributed by atoms with van der Waals surface area (Å²) in [7, 11) is 0. The Morgan fingerprint density at radius 2 is 2.22 bits per heavy atom. The average Bonchev–Trinajstić information content (AvgIpc) is 2.32. The minimum Gasteiger partial charge on any atom is -0.340 e. The summed E-state index contributed by atoms with van der Waals surface area (Å²) in [6.45, 7) is 5.31. The molecule has 0 aromatic heterocycles. The zero-order valence-corrected chi connectivity index (χ0v) is 10.2. The van der Waals surface area contributed by atoms with E-state index < -0.39 is 11.9 Å². The maximum Gasteiger partial charge on any atom is 0.251 e. The fourth-order valence-electron chi connectivity index (χ4n) is 1.59. The van der Waals surface area contributed by atoms with Crippen molar-refractivity contribution < 1.29 is 14.4 Å². The zero-order valence-electron chi connectivity index (χ0n) is 10.2. The molecular formula is C13H16N2O3. The van der Waals surface area contributed by atoms with Gasteiger partial charge in [-0.15, -0.1) is 0 Å². The molecule has 1 aliphatic rings. The maximum absolute atomic E-state index is 11.9. The summed E-state index contributed by atoms with van der Waals surface area (Å²) in [6, 6.07) is -0.659. The molecule has 0 bridgehead atoms. The summed E-state index contributed by atoms with van der Waals surface area (Å²) in [5.41, 5.74) is 0.414. The van der Waals surface area contributed by atoms with Gasteiger partial charge >= 0.3 is 0 Å². The lowest BCUT2D eigenvalue weighted by molar-refractivity contribution is -0.136. The van der Waals surface area contributed by atoms with Gasteiger partial charge in [0.2, 0.25) is 11.8 Å². The first-order valence-electron chi connectivity index (χ1n) is 5.68. The van der Waals surface area contributed by atoms with Crippen LogP contribution >= 0.6 is 0 Å². The van der Waals surface area contributed by atoms with Gasteiger partial charge in [0, 0.05) is 12.0 Å². The summed E-state index contributed by atoms with van der Waals surface area (Å²) < 4.78 is 0. The van der Waals surface area contributed by atoms with Crippen molar-refractivity contribution >= 4 is 17.7 Å². The van der Waals surface area contributed by atoms with Crippen LogP contribution in [0.15, 0.2) is 36.5 Å². The molecule has 96 valence electrons. The molecule has 3 amide bonds. The number of imide groups is 1. The highest BCUT2D eigenvalue weighted by molar-refractivity contribution is 6.04. The Hall–Kier alpha value is -2.17. The molecule has 0 aliphatic carbocycles. The van der Waals surface area contributed by atoms with E-state index >= 15 is 0 Å². The summed E-state index contributed by atoms with van der Waals surface area (Å²) in [6.07, 6.45) is 6.97. The Bertz CT molecular complexity index is 436. The zero-order chi connectivity index (χ0) is 13.5. The Balaban J connectivity index is 2.69. The molecular weight excluding hydrogens is 232 g/mol. The van der Waals surface area contributed by atoms with E-state index in [-0.39, 0.29) is 18.2 Å². The van der Waals surface area contributed by atoms with Gasteiger partial charge in [-0.05, 0) is 13.3 Å². The molecule has 5 nitrogen and oxygen atoms in total. The first kappa shape index (κ1) is 13.9. The largest absolute Gasteiger partial charge is 0.340 e. The van der Waals surface area contributed by atoms with Crippen molar-refractivity contribution in [3.63, 3.8) is 0 Å². The van der Waals surface area contributed by atoms with Crippen LogP contribution in [-0.2, 0) is 14.4 Å². The van der Waals surface area contributed by atoms with Gasteiger partial charge in [-0.25, -0.2) is 0 Å². The highest BCUT2D eigenvalue weighted by atomic mass is 16.2. The molecule has 0 spiro atoms. The Morgan fingerprint density at radius 1 is 1.50 bits per heavy atom. The second kappa shape index (κ2) is 6.54.